The summed E-state index contributed by atoms with van der Waals surface area (Å²) in [5, 5.41) is 0. The van der Waals surface area contributed by atoms with Gasteiger partial charge in [-0.2, -0.15) is 0 Å². The first kappa shape index (κ1) is 16.2. The van der Waals surface area contributed by atoms with Crippen molar-refractivity contribution in [2.45, 2.75) is 44.7 Å². The van der Waals surface area contributed by atoms with Gasteiger partial charge in [0.15, 0.2) is 0 Å². The highest BCUT2D eigenvalue weighted by molar-refractivity contribution is 5.53. The van der Waals surface area contributed by atoms with Gasteiger partial charge in [0.25, 0.3) is 0 Å². The van der Waals surface area contributed by atoms with Crippen LogP contribution in [0.2, 0.25) is 0 Å². The summed E-state index contributed by atoms with van der Waals surface area (Å²) in [6.45, 7) is 1.98. The zero-order valence-electron chi connectivity index (χ0n) is 14.5. The highest BCUT2D eigenvalue weighted by Gasteiger charge is 2.28. The van der Waals surface area contributed by atoms with Gasteiger partial charge in [0.2, 0.25) is 0 Å². The van der Waals surface area contributed by atoms with Crippen LogP contribution in [-0.2, 0) is 13.0 Å². The molecule has 3 N–H and O–H groups in total. The molecule has 0 spiro atoms. The van der Waals surface area contributed by atoms with Crippen molar-refractivity contribution < 1.29 is 0 Å². The fourth-order valence-corrected chi connectivity index (χ4v) is 4.08. The fourth-order valence-electron chi connectivity index (χ4n) is 4.08. The number of benzene rings is 1. The Bertz CT molecular complexity index is 746. The number of aromatic nitrogens is 2. The van der Waals surface area contributed by atoms with Crippen molar-refractivity contribution in [3.05, 3.63) is 59.1 Å². The number of nitrogen functional groups attached to an aromatic ring is 1. The number of hydrogen-bond acceptors (Lipinski definition) is 5. The lowest BCUT2D eigenvalue weighted by atomic mass is 9.87. The van der Waals surface area contributed by atoms with Gasteiger partial charge in [0.1, 0.15) is 12.1 Å². The summed E-state index contributed by atoms with van der Waals surface area (Å²) < 4.78 is 0. The lowest BCUT2D eigenvalue weighted by molar-refractivity contribution is 0.150. The first-order valence-electron chi connectivity index (χ1n) is 9.11. The Labute approximate surface area is 148 Å². The van der Waals surface area contributed by atoms with E-state index in [0.29, 0.717) is 6.04 Å². The summed E-state index contributed by atoms with van der Waals surface area (Å²) in [5.41, 5.74) is 7.91. The van der Waals surface area contributed by atoms with E-state index in [4.69, 9.17) is 5.84 Å². The molecule has 0 bridgehead atoms. The molecule has 1 aromatic carbocycles. The molecule has 0 unspecified atom stereocenters. The second-order valence-electron chi connectivity index (χ2n) is 6.96. The van der Waals surface area contributed by atoms with Crippen LogP contribution in [0.15, 0.2) is 42.2 Å². The molecule has 130 valence electrons. The van der Waals surface area contributed by atoms with Gasteiger partial charge in [-0.15, -0.1) is 0 Å². The predicted molar refractivity (Wildman–Crippen MR) is 101 cm³/mol. The Kier molecular flexibility index (Phi) is 4.76. The van der Waals surface area contributed by atoms with Crippen molar-refractivity contribution in [1.82, 2.24) is 14.9 Å². The van der Waals surface area contributed by atoms with Gasteiger partial charge in [-0.05, 0) is 37.7 Å². The van der Waals surface area contributed by atoms with Crippen LogP contribution in [0.1, 0.15) is 42.5 Å². The molecular weight excluding hydrogens is 310 g/mol. The molecule has 25 heavy (non-hydrogen) atoms. The molecule has 0 atom stereocenters. The summed E-state index contributed by atoms with van der Waals surface area (Å²) in [7, 11) is 0. The van der Waals surface area contributed by atoms with Gasteiger partial charge in [-0.25, -0.2) is 15.8 Å². The highest BCUT2D eigenvalue weighted by Crippen LogP contribution is 2.32. The summed E-state index contributed by atoms with van der Waals surface area (Å²) in [6, 6.07) is 11.3. The predicted octanol–water partition coefficient (Wildman–Crippen LogP) is 3.15. The first-order valence-corrected chi connectivity index (χ1v) is 9.11. The number of allylic oxidation sites excluding steroid dienone is 1. The van der Waals surface area contributed by atoms with Crippen LogP contribution in [0.5, 0.6) is 0 Å². The fraction of sp³-hybridized carbons (Fsp3) is 0.400. The third kappa shape index (κ3) is 3.57. The maximum absolute atomic E-state index is 5.57. The third-order valence-electron chi connectivity index (χ3n) is 5.46. The Morgan fingerprint density at radius 2 is 1.88 bits per heavy atom. The Morgan fingerprint density at radius 1 is 1.08 bits per heavy atom. The molecule has 5 heteroatoms. The largest absolute Gasteiger partial charge is 0.308 e. The van der Waals surface area contributed by atoms with E-state index >= 15 is 0 Å². The topological polar surface area (TPSA) is 67.1 Å². The van der Waals surface area contributed by atoms with E-state index in [-0.39, 0.29) is 0 Å². The third-order valence-corrected chi connectivity index (χ3v) is 5.46. The van der Waals surface area contributed by atoms with Crippen LogP contribution in [-0.4, -0.2) is 27.5 Å². The molecule has 4 rings (SSSR count). The van der Waals surface area contributed by atoms with Gasteiger partial charge in [-0.3, -0.25) is 4.90 Å². The molecule has 1 saturated carbocycles. The molecule has 1 aliphatic carbocycles. The van der Waals surface area contributed by atoms with E-state index in [9.17, 15) is 0 Å². The minimum atomic E-state index is 0.658. The molecule has 0 amide bonds. The Hall–Kier alpha value is -2.24. The first-order chi connectivity index (χ1) is 12.3. The molecule has 2 heterocycles. The van der Waals surface area contributed by atoms with Crippen molar-refractivity contribution in [3.63, 3.8) is 0 Å². The molecule has 1 aromatic heterocycles. The SMILES string of the molecule is NNc1ncnc2c1CCN(C1CCC(=Cc3ccccc3)CC1)C2. The van der Waals surface area contributed by atoms with Gasteiger partial charge in [0.05, 0.1) is 5.69 Å². The summed E-state index contributed by atoms with van der Waals surface area (Å²) in [4.78, 5) is 11.3. The van der Waals surface area contributed by atoms with Crippen LogP contribution in [0.25, 0.3) is 6.08 Å². The number of hydrazine groups is 1. The summed E-state index contributed by atoms with van der Waals surface area (Å²) in [5.74, 6) is 6.35. The molecular formula is C20H25N5. The number of nitrogens with two attached hydrogens (primary N) is 1. The Morgan fingerprint density at radius 3 is 2.64 bits per heavy atom. The van der Waals surface area contributed by atoms with Gasteiger partial charge < -0.3 is 5.43 Å². The van der Waals surface area contributed by atoms with E-state index < -0.39 is 0 Å². The summed E-state index contributed by atoms with van der Waals surface area (Å²) >= 11 is 0. The van der Waals surface area contributed by atoms with Gasteiger partial charge in [-0.1, -0.05) is 42.0 Å². The zero-order valence-corrected chi connectivity index (χ0v) is 14.5. The van der Waals surface area contributed by atoms with Crippen molar-refractivity contribution in [2.75, 3.05) is 12.0 Å². The van der Waals surface area contributed by atoms with Crippen LogP contribution >= 0.6 is 0 Å². The van der Waals surface area contributed by atoms with Crippen molar-refractivity contribution in [2.24, 2.45) is 5.84 Å². The van der Waals surface area contributed by atoms with Crippen LogP contribution in [0.4, 0.5) is 5.82 Å². The minimum Gasteiger partial charge on any atom is -0.308 e. The molecule has 2 aromatic rings. The molecule has 0 radical (unpaired) electrons. The maximum Gasteiger partial charge on any atom is 0.146 e. The van der Waals surface area contributed by atoms with Crippen molar-refractivity contribution >= 4 is 11.9 Å². The van der Waals surface area contributed by atoms with E-state index in [0.717, 1.165) is 31.0 Å². The Balaban J connectivity index is 1.39. The van der Waals surface area contributed by atoms with Crippen molar-refractivity contribution in [3.8, 4) is 0 Å². The number of rotatable bonds is 3. The number of nitrogens with zero attached hydrogens (tertiary/aromatic N) is 3. The average Bonchev–Trinajstić information content (AvgIpc) is 2.68. The maximum atomic E-state index is 5.57. The highest BCUT2D eigenvalue weighted by atomic mass is 15.3. The van der Waals surface area contributed by atoms with Crippen LogP contribution in [0.3, 0.4) is 0 Å². The summed E-state index contributed by atoms with van der Waals surface area (Å²) in [6.07, 6.45) is 9.82. The normalized spacial score (nSPS) is 20.8. The van der Waals surface area contributed by atoms with Crippen molar-refractivity contribution in [1.29, 1.82) is 0 Å². The van der Waals surface area contributed by atoms with E-state index in [1.54, 1.807) is 11.9 Å². The van der Waals surface area contributed by atoms with Crippen LogP contribution in [0, 0.1) is 0 Å². The number of nitrogens with one attached hydrogen (secondary N) is 1. The molecule has 2 aliphatic rings. The molecule has 1 aliphatic heterocycles. The minimum absolute atomic E-state index is 0.658. The lowest BCUT2D eigenvalue weighted by Gasteiger charge is -2.38. The lowest BCUT2D eigenvalue weighted by Crippen LogP contribution is -2.41. The number of hydrogen-bond donors (Lipinski definition) is 2. The van der Waals surface area contributed by atoms with E-state index in [2.05, 4.69) is 56.7 Å². The smallest absolute Gasteiger partial charge is 0.146 e. The van der Waals surface area contributed by atoms with E-state index in [1.165, 1.54) is 36.8 Å². The quantitative estimate of drug-likeness (QED) is 0.666. The van der Waals surface area contributed by atoms with Crippen LogP contribution < -0.4 is 11.3 Å². The molecule has 0 saturated heterocycles. The number of anilines is 1. The van der Waals surface area contributed by atoms with Gasteiger partial charge >= 0.3 is 0 Å². The standard InChI is InChI=1S/C20H25N5/c21-24-20-18-10-11-25(13-19(18)22-14-23-20)17-8-6-16(7-9-17)12-15-4-2-1-3-5-15/h1-5,12,14,17H,6-11,13,21H2,(H,22,23,24). The van der Waals surface area contributed by atoms with Gasteiger partial charge in [0, 0.05) is 24.7 Å². The zero-order chi connectivity index (χ0) is 17.1. The second kappa shape index (κ2) is 7.33. The monoisotopic (exact) mass is 335 g/mol. The molecule has 5 nitrogen and oxygen atoms in total. The van der Waals surface area contributed by atoms with E-state index in [1.807, 2.05) is 0 Å². The molecule has 1 fully saturated rings. The number of fused-ring (bicyclic) bond motifs is 1. The average molecular weight is 335 g/mol. The second-order valence-corrected chi connectivity index (χ2v) is 6.96.